The molecule has 3 rings (SSSR count). The summed E-state index contributed by atoms with van der Waals surface area (Å²) < 4.78 is 0. The van der Waals surface area contributed by atoms with E-state index in [0.29, 0.717) is 6.04 Å². The molecule has 1 atom stereocenters. The predicted octanol–water partition coefficient (Wildman–Crippen LogP) is 4.49. The van der Waals surface area contributed by atoms with E-state index in [2.05, 4.69) is 67.3 Å². The van der Waals surface area contributed by atoms with E-state index < -0.39 is 11.9 Å². The monoisotopic (exact) mass is 397 g/mol. The van der Waals surface area contributed by atoms with E-state index in [-0.39, 0.29) is 0 Å². The van der Waals surface area contributed by atoms with Crippen LogP contribution in [0.25, 0.3) is 11.1 Å². The zero-order valence-corrected chi connectivity index (χ0v) is 17.3. The highest BCUT2D eigenvalue weighted by Gasteiger charge is 2.25. The van der Waals surface area contributed by atoms with Crippen molar-refractivity contribution in [2.45, 2.75) is 52.0 Å². The molecule has 0 radical (unpaired) electrons. The SMILES string of the molecule is CCCN(CCC)C1CCc2cccc(-c3ccccc3)c2C1.O=C(O)C(=O)O. The Bertz CT molecular complexity index is 786. The van der Waals surface area contributed by atoms with Crippen LogP contribution in [0.3, 0.4) is 0 Å². The van der Waals surface area contributed by atoms with Crippen molar-refractivity contribution in [1.82, 2.24) is 4.90 Å². The number of carboxylic acids is 2. The summed E-state index contributed by atoms with van der Waals surface area (Å²) in [7, 11) is 0. The Balaban J connectivity index is 0.000000438. The lowest BCUT2D eigenvalue weighted by atomic mass is 9.83. The maximum Gasteiger partial charge on any atom is 0.414 e. The lowest BCUT2D eigenvalue weighted by molar-refractivity contribution is -0.159. The standard InChI is InChI=1S/C22H29N.C2H2O4/c1-3-15-23(16-4-2)20-14-13-19-11-8-12-21(22(19)17-20)18-9-6-5-7-10-18;3-1(4)2(5)6/h5-12,20H,3-4,13-17H2,1-2H3;(H,3,4)(H,5,6). The number of aryl methyl sites for hydroxylation is 1. The van der Waals surface area contributed by atoms with E-state index in [0.717, 1.165) is 0 Å². The van der Waals surface area contributed by atoms with E-state index in [1.54, 1.807) is 11.1 Å². The second kappa shape index (κ2) is 11.4. The van der Waals surface area contributed by atoms with Crippen molar-refractivity contribution < 1.29 is 19.8 Å². The van der Waals surface area contributed by atoms with Gasteiger partial charge in [0.2, 0.25) is 0 Å². The van der Waals surface area contributed by atoms with Crippen LogP contribution in [0.5, 0.6) is 0 Å². The third kappa shape index (κ3) is 6.43. The molecule has 156 valence electrons. The maximum absolute atomic E-state index is 9.10. The topological polar surface area (TPSA) is 77.8 Å². The van der Waals surface area contributed by atoms with E-state index in [1.165, 1.54) is 56.3 Å². The summed E-state index contributed by atoms with van der Waals surface area (Å²) >= 11 is 0. The molecule has 0 saturated heterocycles. The Kier molecular flexibility index (Phi) is 8.87. The lowest BCUT2D eigenvalue weighted by Gasteiger charge is -2.36. The first-order valence-electron chi connectivity index (χ1n) is 10.3. The van der Waals surface area contributed by atoms with Gasteiger partial charge in [-0.3, -0.25) is 0 Å². The first kappa shape index (κ1) is 22.6. The van der Waals surface area contributed by atoms with Crippen LogP contribution in [0.1, 0.15) is 44.2 Å². The van der Waals surface area contributed by atoms with Gasteiger partial charge < -0.3 is 15.1 Å². The summed E-state index contributed by atoms with van der Waals surface area (Å²) in [5.74, 6) is -3.65. The minimum Gasteiger partial charge on any atom is -0.473 e. The van der Waals surface area contributed by atoms with Crippen molar-refractivity contribution >= 4 is 11.9 Å². The summed E-state index contributed by atoms with van der Waals surface area (Å²) in [5.41, 5.74) is 5.96. The molecule has 1 aliphatic rings. The third-order valence-corrected chi connectivity index (χ3v) is 5.27. The van der Waals surface area contributed by atoms with E-state index in [1.807, 2.05) is 0 Å². The van der Waals surface area contributed by atoms with Crippen molar-refractivity contribution in [2.24, 2.45) is 0 Å². The highest BCUT2D eigenvalue weighted by Crippen LogP contribution is 2.33. The Morgan fingerprint density at radius 3 is 2.10 bits per heavy atom. The van der Waals surface area contributed by atoms with Crippen molar-refractivity contribution in [3.8, 4) is 11.1 Å². The molecule has 0 bridgehead atoms. The minimum atomic E-state index is -1.82. The fourth-order valence-electron chi connectivity index (χ4n) is 4.02. The lowest BCUT2D eigenvalue weighted by Crippen LogP contribution is -2.40. The number of nitrogens with zero attached hydrogens (tertiary/aromatic N) is 1. The van der Waals surface area contributed by atoms with Crippen molar-refractivity contribution in [3.05, 3.63) is 59.7 Å². The van der Waals surface area contributed by atoms with E-state index in [9.17, 15) is 0 Å². The average Bonchev–Trinajstić information content (AvgIpc) is 2.74. The number of aliphatic carboxylic acids is 2. The molecule has 1 aliphatic carbocycles. The predicted molar refractivity (Wildman–Crippen MR) is 115 cm³/mol. The third-order valence-electron chi connectivity index (χ3n) is 5.27. The maximum atomic E-state index is 9.10. The van der Waals surface area contributed by atoms with Gasteiger partial charge in [-0.1, -0.05) is 62.4 Å². The van der Waals surface area contributed by atoms with Gasteiger partial charge in [-0.05, 0) is 67.4 Å². The van der Waals surface area contributed by atoms with Crippen LogP contribution in [0.4, 0.5) is 0 Å². The molecule has 1 unspecified atom stereocenters. The fourth-order valence-corrected chi connectivity index (χ4v) is 4.02. The number of carbonyl (C=O) groups is 2. The minimum absolute atomic E-state index is 0.715. The van der Waals surface area contributed by atoms with Crippen molar-refractivity contribution in [1.29, 1.82) is 0 Å². The molecule has 0 fully saturated rings. The van der Waals surface area contributed by atoms with Crippen LogP contribution >= 0.6 is 0 Å². The Hall–Kier alpha value is -2.66. The van der Waals surface area contributed by atoms with Crippen LogP contribution in [0.2, 0.25) is 0 Å². The van der Waals surface area contributed by atoms with Crippen LogP contribution in [0, 0.1) is 0 Å². The fraction of sp³-hybridized carbons (Fsp3) is 0.417. The molecule has 0 aromatic heterocycles. The molecule has 5 nitrogen and oxygen atoms in total. The summed E-state index contributed by atoms with van der Waals surface area (Å²) in [5, 5.41) is 14.8. The summed E-state index contributed by atoms with van der Waals surface area (Å²) in [6, 6.07) is 18.5. The second-order valence-electron chi connectivity index (χ2n) is 7.35. The van der Waals surface area contributed by atoms with E-state index >= 15 is 0 Å². The van der Waals surface area contributed by atoms with Gasteiger partial charge in [0.05, 0.1) is 0 Å². The largest absolute Gasteiger partial charge is 0.473 e. The molecular weight excluding hydrogens is 366 g/mol. The molecule has 2 N–H and O–H groups in total. The quantitative estimate of drug-likeness (QED) is 0.702. The number of rotatable bonds is 6. The van der Waals surface area contributed by atoms with E-state index in [4.69, 9.17) is 19.8 Å². The highest BCUT2D eigenvalue weighted by molar-refractivity contribution is 6.27. The molecule has 2 aromatic carbocycles. The zero-order chi connectivity index (χ0) is 21.2. The zero-order valence-electron chi connectivity index (χ0n) is 17.3. The molecule has 0 spiro atoms. The smallest absolute Gasteiger partial charge is 0.414 e. The molecular formula is C24H31NO4. The number of hydrogen-bond donors (Lipinski definition) is 2. The van der Waals surface area contributed by atoms with Gasteiger partial charge in [0.25, 0.3) is 0 Å². The summed E-state index contributed by atoms with van der Waals surface area (Å²) in [6.45, 7) is 7.08. The number of hydrogen-bond acceptors (Lipinski definition) is 3. The highest BCUT2D eigenvalue weighted by atomic mass is 16.4. The van der Waals surface area contributed by atoms with Gasteiger partial charge in [-0.15, -0.1) is 0 Å². The molecule has 0 aliphatic heterocycles. The molecule has 0 amide bonds. The van der Waals surface area contributed by atoms with Gasteiger partial charge in [0.1, 0.15) is 0 Å². The van der Waals surface area contributed by atoms with Crippen molar-refractivity contribution in [2.75, 3.05) is 13.1 Å². The second-order valence-corrected chi connectivity index (χ2v) is 7.35. The van der Waals surface area contributed by atoms with Crippen LogP contribution in [0.15, 0.2) is 48.5 Å². The molecule has 5 heteroatoms. The van der Waals surface area contributed by atoms with Crippen LogP contribution < -0.4 is 0 Å². The average molecular weight is 398 g/mol. The van der Waals surface area contributed by atoms with Gasteiger partial charge in [0.15, 0.2) is 0 Å². The number of benzene rings is 2. The van der Waals surface area contributed by atoms with Gasteiger partial charge in [-0.25, -0.2) is 9.59 Å². The summed E-state index contributed by atoms with van der Waals surface area (Å²) in [6.07, 6.45) is 6.25. The van der Waals surface area contributed by atoms with Gasteiger partial charge >= 0.3 is 11.9 Å². The number of carboxylic acid groups (broad SMARTS) is 2. The van der Waals surface area contributed by atoms with Gasteiger partial charge in [-0.2, -0.15) is 0 Å². The van der Waals surface area contributed by atoms with Crippen molar-refractivity contribution in [3.63, 3.8) is 0 Å². The first-order valence-corrected chi connectivity index (χ1v) is 10.3. The molecule has 0 heterocycles. The Morgan fingerprint density at radius 1 is 0.931 bits per heavy atom. The number of fused-ring (bicyclic) bond motifs is 1. The Morgan fingerprint density at radius 2 is 1.55 bits per heavy atom. The molecule has 0 saturated carbocycles. The van der Waals surface area contributed by atoms with Gasteiger partial charge in [0, 0.05) is 6.04 Å². The molecule has 2 aromatic rings. The normalized spacial score (nSPS) is 15.2. The first-order chi connectivity index (χ1) is 14.0. The summed E-state index contributed by atoms with van der Waals surface area (Å²) in [4.78, 5) is 20.9. The molecule has 29 heavy (non-hydrogen) atoms. The van der Waals surface area contributed by atoms with Crippen LogP contribution in [-0.2, 0) is 22.4 Å². The Labute approximate surface area is 173 Å². The van der Waals surface area contributed by atoms with Crippen LogP contribution in [-0.4, -0.2) is 46.2 Å².